The Morgan fingerprint density at radius 2 is 1.93 bits per heavy atom. The van der Waals surface area contributed by atoms with E-state index in [2.05, 4.69) is 17.5 Å². The minimum Gasteiger partial charge on any atom is -0.384 e. The number of nitriles is 2. The molecule has 1 N–H and O–H groups in total. The van der Waals surface area contributed by atoms with Crippen LogP contribution >= 0.6 is 0 Å². The zero-order chi connectivity index (χ0) is 11.1. The van der Waals surface area contributed by atoms with Crippen molar-refractivity contribution >= 4 is 5.69 Å². The summed E-state index contributed by atoms with van der Waals surface area (Å²) in [6.45, 7) is 2.52. The summed E-state index contributed by atoms with van der Waals surface area (Å²) in [4.78, 5) is 0. The average Bonchev–Trinajstić information content (AvgIpc) is 2.28. The largest absolute Gasteiger partial charge is 0.384 e. The van der Waals surface area contributed by atoms with Crippen molar-refractivity contribution in [3.63, 3.8) is 0 Å². The van der Waals surface area contributed by atoms with E-state index in [0.29, 0.717) is 13.0 Å². The molecule has 0 radical (unpaired) electrons. The van der Waals surface area contributed by atoms with Crippen LogP contribution < -0.4 is 5.32 Å². The van der Waals surface area contributed by atoms with E-state index in [-0.39, 0.29) is 5.92 Å². The van der Waals surface area contributed by atoms with Crippen molar-refractivity contribution in [2.45, 2.75) is 13.3 Å². The Morgan fingerprint density at radius 1 is 1.27 bits per heavy atom. The van der Waals surface area contributed by atoms with E-state index in [1.165, 1.54) is 0 Å². The van der Waals surface area contributed by atoms with E-state index in [9.17, 15) is 0 Å². The van der Waals surface area contributed by atoms with Crippen LogP contribution in [-0.2, 0) is 6.42 Å². The molecule has 0 saturated carbocycles. The van der Waals surface area contributed by atoms with Crippen LogP contribution in [0.2, 0.25) is 0 Å². The minimum absolute atomic E-state index is 0.00350. The number of rotatable bonds is 4. The van der Waals surface area contributed by atoms with E-state index >= 15 is 0 Å². The molecule has 0 amide bonds. The molecule has 0 aliphatic heterocycles. The van der Waals surface area contributed by atoms with Crippen LogP contribution in [0.3, 0.4) is 0 Å². The van der Waals surface area contributed by atoms with Gasteiger partial charge in [-0.1, -0.05) is 12.1 Å². The number of hydrogen-bond donors (Lipinski definition) is 1. The molecule has 3 nitrogen and oxygen atoms in total. The van der Waals surface area contributed by atoms with Crippen molar-refractivity contribution in [1.29, 1.82) is 10.5 Å². The second-order valence-corrected chi connectivity index (χ2v) is 3.44. The van der Waals surface area contributed by atoms with Gasteiger partial charge in [-0.3, -0.25) is 0 Å². The number of hydrogen-bond acceptors (Lipinski definition) is 3. The summed E-state index contributed by atoms with van der Waals surface area (Å²) in [7, 11) is 0. The van der Waals surface area contributed by atoms with Gasteiger partial charge in [-0.2, -0.15) is 10.5 Å². The lowest BCUT2D eigenvalue weighted by atomic mass is 10.1. The Hall–Kier alpha value is -2.00. The molecule has 1 rings (SSSR count). The molecule has 0 saturated heterocycles. The molecule has 0 aliphatic carbocycles. The van der Waals surface area contributed by atoms with Gasteiger partial charge in [0.05, 0.1) is 24.5 Å². The number of nitrogens with zero attached hydrogens (tertiary/aromatic N) is 2. The summed E-state index contributed by atoms with van der Waals surface area (Å²) >= 11 is 0. The van der Waals surface area contributed by atoms with Crippen molar-refractivity contribution in [3.05, 3.63) is 29.8 Å². The number of benzene rings is 1. The van der Waals surface area contributed by atoms with Gasteiger partial charge in [0.25, 0.3) is 0 Å². The van der Waals surface area contributed by atoms with Crippen LogP contribution in [0.1, 0.15) is 12.5 Å². The summed E-state index contributed by atoms with van der Waals surface area (Å²) in [5.74, 6) is 0.00350. The van der Waals surface area contributed by atoms with Gasteiger partial charge < -0.3 is 5.32 Å². The fraction of sp³-hybridized carbons (Fsp3) is 0.333. The molecule has 1 unspecified atom stereocenters. The van der Waals surface area contributed by atoms with E-state index in [1.807, 2.05) is 31.2 Å². The van der Waals surface area contributed by atoms with Crippen molar-refractivity contribution in [2.24, 2.45) is 5.92 Å². The fourth-order valence-corrected chi connectivity index (χ4v) is 1.15. The zero-order valence-electron chi connectivity index (χ0n) is 8.70. The van der Waals surface area contributed by atoms with E-state index < -0.39 is 0 Å². The molecule has 0 bridgehead atoms. The van der Waals surface area contributed by atoms with Crippen LogP contribution in [0, 0.1) is 28.6 Å². The highest BCUT2D eigenvalue weighted by Crippen LogP contribution is 2.10. The molecule has 1 aromatic rings. The highest BCUT2D eigenvalue weighted by atomic mass is 14.9. The van der Waals surface area contributed by atoms with Crippen molar-refractivity contribution in [3.8, 4) is 12.1 Å². The smallest absolute Gasteiger partial charge is 0.0671 e. The van der Waals surface area contributed by atoms with Crippen LogP contribution in [0.15, 0.2) is 24.3 Å². The molecular weight excluding hydrogens is 186 g/mol. The fourth-order valence-electron chi connectivity index (χ4n) is 1.15. The molecular formula is C12H13N3. The number of nitrogens with one attached hydrogen (secondary N) is 1. The van der Waals surface area contributed by atoms with E-state index in [1.54, 1.807) is 0 Å². The SMILES string of the molecule is CC(C#N)CNc1ccc(CC#N)cc1. The first kappa shape index (κ1) is 11.1. The maximum Gasteiger partial charge on any atom is 0.0671 e. The quantitative estimate of drug-likeness (QED) is 0.809. The van der Waals surface area contributed by atoms with Gasteiger partial charge in [0.15, 0.2) is 0 Å². The Bertz CT molecular complexity index is 381. The van der Waals surface area contributed by atoms with Gasteiger partial charge in [0.2, 0.25) is 0 Å². The highest BCUT2D eigenvalue weighted by Gasteiger charge is 1.98. The van der Waals surface area contributed by atoms with Crippen molar-refractivity contribution in [1.82, 2.24) is 0 Å². The maximum atomic E-state index is 8.60. The summed E-state index contributed by atoms with van der Waals surface area (Å²) in [6, 6.07) is 12.0. The van der Waals surface area contributed by atoms with E-state index in [4.69, 9.17) is 10.5 Å². The predicted octanol–water partition coefficient (Wildman–Crippen LogP) is 2.32. The summed E-state index contributed by atoms with van der Waals surface area (Å²) in [5, 5.41) is 20.3. The first-order valence-corrected chi connectivity index (χ1v) is 4.85. The van der Waals surface area contributed by atoms with Crippen LogP contribution in [0.5, 0.6) is 0 Å². The third-order valence-corrected chi connectivity index (χ3v) is 2.07. The van der Waals surface area contributed by atoms with Gasteiger partial charge in [0.1, 0.15) is 0 Å². The monoisotopic (exact) mass is 199 g/mol. The van der Waals surface area contributed by atoms with E-state index in [0.717, 1.165) is 11.3 Å². The zero-order valence-corrected chi connectivity index (χ0v) is 8.70. The number of anilines is 1. The Morgan fingerprint density at radius 3 is 2.47 bits per heavy atom. The molecule has 3 heteroatoms. The van der Waals surface area contributed by atoms with Gasteiger partial charge in [-0.05, 0) is 24.6 Å². The first-order valence-electron chi connectivity index (χ1n) is 4.85. The van der Waals surface area contributed by atoms with Crippen molar-refractivity contribution in [2.75, 3.05) is 11.9 Å². The molecule has 0 heterocycles. The second kappa shape index (κ2) is 5.67. The lowest BCUT2D eigenvalue weighted by Crippen LogP contribution is -2.09. The predicted molar refractivity (Wildman–Crippen MR) is 59.0 cm³/mol. The summed E-state index contributed by atoms with van der Waals surface area (Å²) in [5.41, 5.74) is 2.00. The summed E-state index contributed by atoms with van der Waals surface area (Å²) < 4.78 is 0. The normalized spacial score (nSPS) is 11.1. The molecule has 1 atom stereocenters. The first-order chi connectivity index (χ1) is 7.26. The van der Waals surface area contributed by atoms with Gasteiger partial charge in [-0.25, -0.2) is 0 Å². The standard InChI is InChI=1S/C12H13N3/c1-10(8-14)9-15-12-4-2-11(3-5-12)6-7-13/h2-5,10,15H,6,9H2,1H3. The third kappa shape index (κ3) is 3.70. The maximum absolute atomic E-state index is 8.60. The second-order valence-electron chi connectivity index (χ2n) is 3.44. The molecule has 1 aromatic carbocycles. The lowest BCUT2D eigenvalue weighted by molar-refractivity contribution is 0.786. The molecule has 0 fully saturated rings. The van der Waals surface area contributed by atoms with Crippen LogP contribution in [0.25, 0.3) is 0 Å². The topological polar surface area (TPSA) is 59.6 Å². The average molecular weight is 199 g/mol. The Balaban J connectivity index is 2.51. The Kier molecular flexibility index (Phi) is 4.19. The highest BCUT2D eigenvalue weighted by molar-refractivity contribution is 5.45. The van der Waals surface area contributed by atoms with Gasteiger partial charge >= 0.3 is 0 Å². The van der Waals surface area contributed by atoms with Gasteiger partial charge in [-0.15, -0.1) is 0 Å². The third-order valence-electron chi connectivity index (χ3n) is 2.07. The molecule has 0 aliphatic rings. The molecule has 0 spiro atoms. The van der Waals surface area contributed by atoms with Crippen LogP contribution in [0.4, 0.5) is 5.69 Å². The summed E-state index contributed by atoms with van der Waals surface area (Å²) in [6.07, 6.45) is 0.439. The molecule has 15 heavy (non-hydrogen) atoms. The molecule has 0 aromatic heterocycles. The van der Waals surface area contributed by atoms with Crippen molar-refractivity contribution < 1.29 is 0 Å². The lowest BCUT2D eigenvalue weighted by Gasteiger charge is -2.07. The molecule has 76 valence electrons. The minimum atomic E-state index is 0.00350. The van der Waals surface area contributed by atoms with Crippen LogP contribution in [-0.4, -0.2) is 6.54 Å². The van der Waals surface area contributed by atoms with Gasteiger partial charge in [0, 0.05) is 12.2 Å². The Labute approximate surface area is 90.0 Å².